The van der Waals surface area contributed by atoms with Crippen molar-refractivity contribution in [1.82, 2.24) is 4.72 Å². The van der Waals surface area contributed by atoms with E-state index in [4.69, 9.17) is 9.47 Å². The smallest absolute Gasteiger partial charge is 0.325 e. The molecule has 0 aromatic heterocycles. The van der Waals surface area contributed by atoms with Gasteiger partial charge in [0.15, 0.2) is 11.2 Å². The molecule has 31 heavy (non-hydrogen) atoms. The Morgan fingerprint density at radius 2 is 1.77 bits per heavy atom. The predicted molar refractivity (Wildman–Crippen MR) is 114 cm³/mol. The van der Waals surface area contributed by atoms with E-state index in [1.165, 1.54) is 12.1 Å². The van der Waals surface area contributed by atoms with Crippen LogP contribution in [0.25, 0.3) is 0 Å². The van der Waals surface area contributed by atoms with E-state index in [1.807, 2.05) is 6.92 Å². The molecule has 1 saturated carbocycles. The molecule has 1 N–H and O–H groups in total. The normalized spacial score (nSPS) is 20.7. The fourth-order valence-electron chi connectivity index (χ4n) is 3.58. The lowest BCUT2D eigenvalue weighted by Gasteiger charge is -2.40. The van der Waals surface area contributed by atoms with Crippen LogP contribution in [0.2, 0.25) is 0 Å². The number of hydrogen-bond acceptors (Lipinski definition) is 7. The van der Waals surface area contributed by atoms with E-state index in [0.717, 1.165) is 5.56 Å². The molecule has 1 aliphatic carbocycles. The van der Waals surface area contributed by atoms with E-state index >= 15 is 0 Å². The number of carbonyl (C=O) groups excluding carboxylic acids is 3. The number of ketones is 1. The Labute approximate surface area is 183 Å². The molecule has 1 aliphatic rings. The maximum absolute atomic E-state index is 13.3. The summed E-state index contributed by atoms with van der Waals surface area (Å²) in [4.78, 5) is 39.2. The first-order valence-electron chi connectivity index (χ1n) is 10.4. The number of sulfonamides is 1. The summed E-state index contributed by atoms with van der Waals surface area (Å²) in [5.74, 6) is -2.44. The van der Waals surface area contributed by atoms with Crippen LogP contribution in [-0.4, -0.2) is 44.4 Å². The quantitative estimate of drug-likeness (QED) is 0.498. The minimum absolute atomic E-state index is 0.0132. The van der Waals surface area contributed by atoms with Gasteiger partial charge < -0.3 is 9.47 Å². The van der Waals surface area contributed by atoms with E-state index in [9.17, 15) is 22.8 Å². The van der Waals surface area contributed by atoms with Crippen molar-refractivity contribution in [1.29, 1.82) is 0 Å². The van der Waals surface area contributed by atoms with E-state index < -0.39 is 44.8 Å². The van der Waals surface area contributed by atoms with Crippen molar-refractivity contribution >= 4 is 27.7 Å². The van der Waals surface area contributed by atoms with Gasteiger partial charge in [-0.05, 0) is 59.6 Å². The highest BCUT2D eigenvalue weighted by atomic mass is 32.2. The Bertz CT molecular complexity index is 932. The highest BCUT2D eigenvalue weighted by Crippen LogP contribution is 2.40. The number of benzene rings is 1. The van der Waals surface area contributed by atoms with Crippen LogP contribution in [0.5, 0.6) is 0 Å². The van der Waals surface area contributed by atoms with Gasteiger partial charge in [-0.2, -0.15) is 4.72 Å². The second-order valence-corrected chi connectivity index (χ2v) is 10.4. The minimum Gasteiger partial charge on any atom is -0.465 e. The minimum atomic E-state index is -4.24. The zero-order valence-corrected chi connectivity index (χ0v) is 19.5. The van der Waals surface area contributed by atoms with Crippen molar-refractivity contribution in [3.05, 3.63) is 29.8 Å². The number of aryl methyl sites for hydroxylation is 1. The summed E-state index contributed by atoms with van der Waals surface area (Å²) < 4.78 is 39.0. The zero-order chi connectivity index (χ0) is 23.4. The molecule has 0 unspecified atom stereocenters. The number of rotatable bonds is 7. The van der Waals surface area contributed by atoms with E-state index in [0.29, 0.717) is 12.8 Å². The highest BCUT2D eigenvalue weighted by Gasteiger charge is 2.59. The summed E-state index contributed by atoms with van der Waals surface area (Å²) in [6, 6.07) is 4.28. The molecule has 1 aromatic carbocycles. The first kappa shape index (κ1) is 25.0. The largest absolute Gasteiger partial charge is 0.465 e. The molecule has 1 fully saturated rings. The van der Waals surface area contributed by atoms with Gasteiger partial charge in [0.25, 0.3) is 0 Å². The molecule has 0 saturated heterocycles. The summed E-state index contributed by atoms with van der Waals surface area (Å²) in [5, 5.41) is 0. The van der Waals surface area contributed by atoms with Gasteiger partial charge in [0.05, 0.1) is 11.5 Å². The Kier molecular flexibility index (Phi) is 7.65. The molecule has 9 heteroatoms. The van der Waals surface area contributed by atoms with Gasteiger partial charge in [0.1, 0.15) is 11.6 Å². The maximum Gasteiger partial charge on any atom is 0.325 e. The molecule has 0 radical (unpaired) electrons. The van der Waals surface area contributed by atoms with E-state index in [-0.39, 0.29) is 24.3 Å². The molecule has 0 bridgehead atoms. The third-order valence-corrected chi connectivity index (χ3v) is 6.54. The van der Waals surface area contributed by atoms with E-state index in [2.05, 4.69) is 4.72 Å². The molecule has 0 amide bonds. The van der Waals surface area contributed by atoms with Gasteiger partial charge in [0, 0.05) is 6.42 Å². The number of nitrogens with one attached hydrogen (secondary N) is 1. The number of carbonyl (C=O) groups is 3. The SMILES string of the molecule is CCOC(=O)[C@H](NS(=O)(=O)c1ccc(C)cc1)[C@]1(C(=O)OC(C)(C)C)CCCCC1=O. The zero-order valence-electron chi connectivity index (χ0n) is 18.7. The highest BCUT2D eigenvalue weighted by molar-refractivity contribution is 7.89. The summed E-state index contributed by atoms with van der Waals surface area (Å²) in [6.45, 7) is 8.25. The summed E-state index contributed by atoms with van der Waals surface area (Å²) in [5.41, 5.74) is -2.07. The third-order valence-electron chi connectivity index (χ3n) is 5.11. The van der Waals surface area contributed by atoms with Crippen LogP contribution in [0, 0.1) is 12.3 Å². The van der Waals surface area contributed by atoms with Crippen molar-refractivity contribution in [3.8, 4) is 0 Å². The van der Waals surface area contributed by atoms with Crippen molar-refractivity contribution in [2.45, 2.75) is 76.8 Å². The molecule has 2 atom stereocenters. The number of esters is 2. The van der Waals surface area contributed by atoms with Crippen molar-refractivity contribution < 1.29 is 32.3 Å². The fraction of sp³-hybridized carbons (Fsp3) is 0.591. The van der Waals surface area contributed by atoms with Gasteiger partial charge in [-0.25, -0.2) is 8.42 Å². The summed E-state index contributed by atoms with van der Waals surface area (Å²) >= 11 is 0. The Morgan fingerprint density at radius 1 is 1.16 bits per heavy atom. The second kappa shape index (κ2) is 9.48. The monoisotopic (exact) mass is 453 g/mol. The van der Waals surface area contributed by atoms with Crippen LogP contribution >= 0.6 is 0 Å². The first-order chi connectivity index (χ1) is 14.3. The average Bonchev–Trinajstić information content (AvgIpc) is 2.66. The number of hydrogen-bond donors (Lipinski definition) is 1. The molecule has 2 rings (SSSR count). The molecule has 172 valence electrons. The van der Waals surface area contributed by atoms with Crippen molar-refractivity contribution in [2.75, 3.05) is 6.61 Å². The lowest BCUT2D eigenvalue weighted by atomic mass is 9.68. The summed E-state index contributed by atoms with van der Waals surface area (Å²) in [7, 11) is -4.24. The molecule has 8 nitrogen and oxygen atoms in total. The Hall–Kier alpha value is -2.26. The molecule has 0 spiro atoms. The lowest BCUT2D eigenvalue weighted by Crippen LogP contribution is -2.62. The lowest BCUT2D eigenvalue weighted by molar-refractivity contribution is -0.179. The predicted octanol–water partition coefficient (Wildman–Crippen LogP) is 2.68. The fourth-order valence-corrected chi connectivity index (χ4v) is 4.81. The van der Waals surface area contributed by atoms with Gasteiger partial charge in [-0.15, -0.1) is 0 Å². The van der Waals surface area contributed by atoms with Crippen LogP contribution < -0.4 is 4.72 Å². The number of ether oxygens (including phenoxy) is 2. The van der Waals surface area contributed by atoms with Crippen LogP contribution in [0.4, 0.5) is 0 Å². The van der Waals surface area contributed by atoms with Crippen LogP contribution in [-0.2, 0) is 33.9 Å². The van der Waals surface area contributed by atoms with Crippen LogP contribution in [0.15, 0.2) is 29.2 Å². The second-order valence-electron chi connectivity index (χ2n) is 8.72. The topological polar surface area (TPSA) is 116 Å². The van der Waals surface area contributed by atoms with E-state index in [1.54, 1.807) is 39.8 Å². The Morgan fingerprint density at radius 3 is 2.29 bits per heavy atom. The Balaban J connectivity index is 2.58. The first-order valence-corrected chi connectivity index (χ1v) is 11.8. The molecule has 1 aromatic rings. The molecular formula is C22H31NO7S. The average molecular weight is 454 g/mol. The third kappa shape index (κ3) is 5.71. The summed E-state index contributed by atoms with van der Waals surface area (Å²) in [6.07, 6.45) is 1.04. The van der Waals surface area contributed by atoms with Gasteiger partial charge in [-0.1, -0.05) is 24.1 Å². The van der Waals surface area contributed by atoms with Crippen LogP contribution in [0.3, 0.4) is 0 Å². The van der Waals surface area contributed by atoms with Gasteiger partial charge >= 0.3 is 11.9 Å². The standard InChI is InChI=1S/C22H31NO7S/c1-6-29-19(25)18(23-31(27,28)16-12-10-15(2)11-13-16)22(14-8-7-9-17(22)24)20(26)30-21(3,4)5/h10-13,18,23H,6-9,14H2,1-5H3/t18-,22-/m0/s1. The van der Waals surface area contributed by atoms with Crippen molar-refractivity contribution in [2.24, 2.45) is 5.41 Å². The molecule has 0 aliphatic heterocycles. The number of Topliss-reactive ketones (excluding diaryl/α,β-unsaturated/α-hetero) is 1. The maximum atomic E-state index is 13.3. The molecule has 0 heterocycles. The van der Waals surface area contributed by atoms with Crippen LogP contribution in [0.1, 0.15) is 58.9 Å². The van der Waals surface area contributed by atoms with Gasteiger partial charge in [-0.3, -0.25) is 14.4 Å². The van der Waals surface area contributed by atoms with Gasteiger partial charge in [0.2, 0.25) is 10.0 Å². The molecular weight excluding hydrogens is 422 g/mol. The van der Waals surface area contributed by atoms with Crippen molar-refractivity contribution in [3.63, 3.8) is 0 Å².